The van der Waals surface area contributed by atoms with E-state index in [4.69, 9.17) is 5.73 Å². The van der Waals surface area contributed by atoms with Crippen LogP contribution in [0.1, 0.15) is 53.4 Å². The van der Waals surface area contributed by atoms with Gasteiger partial charge in [-0.15, -0.1) is 0 Å². The van der Waals surface area contributed by atoms with Crippen LogP contribution in [-0.2, 0) is 4.79 Å². The fraction of sp³-hybridized carbons (Fsp3) is 0.929. The molecule has 4 unspecified atom stereocenters. The van der Waals surface area contributed by atoms with Crippen LogP contribution in [0.15, 0.2) is 0 Å². The highest BCUT2D eigenvalue weighted by atomic mass is 16.1. The topological polar surface area (TPSA) is 43.1 Å². The number of rotatable bonds is 4. The minimum atomic E-state index is -0.287. The highest BCUT2D eigenvalue weighted by Crippen LogP contribution is 2.38. The van der Waals surface area contributed by atoms with Crippen molar-refractivity contribution in [3.63, 3.8) is 0 Å². The number of carbonyl (C=O) groups excluding carboxylic acids is 1. The first-order valence-corrected chi connectivity index (χ1v) is 6.69. The number of Topliss-reactive ketones (excluding diaryl/α,β-unsaturated/α-hetero) is 1. The molecule has 1 saturated carbocycles. The van der Waals surface area contributed by atoms with E-state index in [-0.39, 0.29) is 11.3 Å². The highest BCUT2D eigenvalue weighted by molar-refractivity contribution is 5.87. The molecule has 0 amide bonds. The monoisotopic (exact) mass is 225 g/mol. The molecule has 0 aliphatic heterocycles. The van der Waals surface area contributed by atoms with Crippen molar-refractivity contribution >= 4 is 5.78 Å². The van der Waals surface area contributed by atoms with Gasteiger partial charge in [-0.05, 0) is 37.5 Å². The Morgan fingerprint density at radius 3 is 2.38 bits per heavy atom. The molecular weight excluding hydrogens is 198 g/mol. The Labute approximate surface area is 100.0 Å². The maximum absolute atomic E-state index is 12.5. The number of hydrogen-bond acceptors (Lipinski definition) is 2. The van der Waals surface area contributed by atoms with Crippen LogP contribution >= 0.6 is 0 Å². The molecule has 16 heavy (non-hydrogen) atoms. The summed E-state index contributed by atoms with van der Waals surface area (Å²) in [6, 6.07) is 0. The van der Waals surface area contributed by atoms with E-state index in [0.717, 1.165) is 25.2 Å². The summed E-state index contributed by atoms with van der Waals surface area (Å²) in [5.41, 5.74) is 5.48. The van der Waals surface area contributed by atoms with Crippen LogP contribution in [-0.4, -0.2) is 12.3 Å². The molecule has 2 N–H and O–H groups in total. The van der Waals surface area contributed by atoms with Gasteiger partial charge in [0.15, 0.2) is 0 Å². The van der Waals surface area contributed by atoms with E-state index in [1.807, 2.05) is 6.92 Å². The summed E-state index contributed by atoms with van der Waals surface area (Å²) in [6.45, 7) is 9.16. The van der Waals surface area contributed by atoms with E-state index in [1.54, 1.807) is 0 Å². The van der Waals surface area contributed by atoms with E-state index in [2.05, 4.69) is 20.8 Å². The Bertz CT molecular complexity index is 245. The Kier molecular flexibility index (Phi) is 4.54. The molecule has 4 atom stereocenters. The number of carbonyl (C=O) groups is 1. The van der Waals surface area contributed by atoms with Crippen molar-refractivity contribution in [3.05, 3.63) is 0 Å². The molecule has 1 aliphatic carbocycles. The summed E-state index contributed by atoms with van der Waals surface area (Å²) in [7, 11) is 0. The van der Waals surface area contributed by atoms with Gasteiger partial charge in [0.25, 0.3) is 0 Å². The summed E-state index contributed by atoms with van der Waals surface area (Å²) in [4.78, 5) is 12.5. The molecule has 0 saturated heterocycles. The van der Waals surface area contributed by atoms with E-state index in [0.29, 0.717) is 18.2 Å². The van der Waals surface area contributed by atoms with Crippen LogP contribution in [0.4, 0.5) is 0 Å². The standard InChI is InChI=1S/C14H27NO/c1-5-14(4,9-15)13(16)12-7-6-10(2)11(3)8-12/h10-12H,5-9,15H2,1-4H3. The highest BCUT2D eigenvalue weighted by Gasteiger charge is 2.38. The third kappa shape index (κ3) is 2.65. The minimum Gasteiger partial charge on any atom is -0.329 e. The smallest absolute Gasteiger partial charge is 0.143 e. The van der Waals surface area contributed by atoms with Gasteiger partial charge in [0.05, 0.1) is 0 Å². The lowest BCUT2D eigenvalue weighted by Crippen LogP contribution is -2.41. The van der Waals surface area contributed by atoms with Gasteiger partial charge in [0, 0.05) is 17.9 Å². The van der Waals surface area contributed by atoms with Gasteiger partial charge in [-0.2, -0.15) is 0 Å². The largest absolute Gasteiger partial charge is 0.329 e. The van der Waals surface area contributed by atoms with Crippen LogP contribution in [0.25, 0.3) is 0 Å². The zero-order chi connectivity index (χ0) is 12.3. The molecule has 0 spiro atoms. The first kappa shape index (κ1) is 13.7. The summed E-state index contributed by atoms with van der Waals surface area (Å²) in [5, 5.41) is 0. The number of nitrogens with two attached hydrogens (primary N) is 1. The van der Waals surface area contributed by atoms with Gasteiger partial charge in [0.1, 0.15) is 5.78 Å². The lowest BCUT2D eigenvalue weighted by Gasteiger charge is -2.36. The summed E-state index contributed by atoms with van der Waals surface area (Å²) < 4.78 is 0. The second-order valence-corrected chi connectivity index (χ2v) is 5.95. The quantitative estimate of drug-likeness (QED) is 0.799. The van der Waals surface area contributed by atoms with E-state index in [9.17, 15) is 4.79 Å². The zero-order valence-electron chi connectivity index (χ0n) is 11.3. The summed E-state index contributed by atoms with van der Waals surface area (Å²) >= 11 is 0. The summed E-state index contributed by atoms with van der Waals surface area (Å²) in [6.07, 6.45) is 4.19. The lowest BCUT2D eigenvalue weighted by molar-refractivity contribution is -0.133. The van der Waals surface area contributed by atoms with Crippen LogP contribution < -0.4 is 5.73 Å². The van der Waals surface area contributed by atoms with E-state index in [1.165, 1.54) is 6.42 Å². The van der Waals surface area contributed by atoms with Crippen molar-refractivity contribution in [1.82, 2.24) is 0 Å². The third-order valence-electron chi connectivity index (χ3n) is 4.79. The molecule has 94 valence electrons. The Hall–Kier alpha value is -0.370. The van der Waals surface area contributed by atoms with Gasteiger partial charge < -0.3 is 5.73 Å². The van der Waals surface area contributed by atoms with Crippen LogP contribution in [0.2, 0.25) is 0 Å². The SMILES string of the molecule is CCC(C)(CN)C(=O)C1CCC(C)C(C)C1. The molecule has 0 bridgehead atoms. The van der Waals surface area contributed by atoms with Crippen molar-refractivity contribution in [3.8, 4) is 0 Å². The minimum absolute atomic E-state index is 0.264. The van der Waals surface area contributed by atoms with Crippen LogP contribution in [0, 0.1) is 23.2 Å². The fourth-order valence-corrected chi connectivity index (χ4v) is 2.70. The van der Waals surface area contributed by atoms with Crippen molar-refractivity contribution in [2.75, 3.05) is 6.54 Å². The van der Waals surface area contributed by atoms with Crippen molar-refractivity contribution < 1.29 is 4.79 Å². The first-order chi connectivity index (χ1) is 7.44. The van der Waals surface area contributed by atoms with Crippen molar-refractivity contribution in [2.24, 2.45) is 28.9 Å². The van der Waals surface area contributed by atoms with Crippen molar-refractivity contribution in [1.29, 1.82) is 0 Å². The van der Waals surface area contributed by atoms with Gasteiger partial charge in [-0.1, -0.05) is 27.7 Å². The predicted octanol–water partition coefficient (Wildman–Crippen LogP) is 3.00. The second kappa shape index (κ2) is 5.31. The molecule has 1 fully saturated rings. The van der Waals surface area contributed by atoms with Gasteiger partial charge in [-0.25, -0.2) is 0 Å². The number of ketones is 1. The Balaban J connectivity index is 2.68. The third-order valence-corrected chi connectivity index (χ3v) is 4.79. The van der Waals surface area contributed by atoms with Crippen molar-refractivity contribution in [2.45, 2.75) is 53.4 Å². The molecule has 2 nitrogen and oxygen atoms in total. The molecule has 0 aromatic heterocycles. The lowest BCUT2D eigenvalue weighted by atomic mass is 9.68. The average molecular weight is 225 g/mol. The number of hydrogen-bond donors (Lipinski definition) is 1. The Morgan fingerprint density at radius 1 is 1.31 bits per heavy atom. The molecular formula is C14H27NO. The zero-order valence-corrected chi connectivity index (χ0v) is 11.3. The maximum Gasteiger partial charge on any atom is 0.143 e. The summed E-state index contributed by atoms with van der Waals surface area (Å²) in [5.74, 6) is 2.13. The molecule has 0 aromatic carbocycles. The Morgan fingerprint density at radius 2 is 1.94 bits per heavy atom. The van der Waals surface area contributed by atoms with Crippen LogP contribution in [0.3, 0.4) is 0 Å². The van der Waals surface area contributed by atoms with Crippen LogP contribution in [0.5, 0.6) is 0 Å². The predicted molar refractivity (Wildman–Crippen MR) is 68.1 cm³/mol. The molecule has 0 aromatic rings. The molecule has 0 heterocycles. The second-order valence-electron chi connectivity index (χ2n) is 5.95. The molecule has 0 radical (unpaired) electrons. The first-order valence-electron chi connectivity index (χ1n) is 6.69. The van der Waals surface area contributed by atoms with Gasteiger partial charge in [-0.3, -0.25) is 4.79 Å². The van der Waals surface area contributed by atoms with Gasteiger partial charge >= 0.3 is 0 Å². The fourth-order valence-electron chi connectivity index (χ4n) is 2.70. The van der Waals surface area contributed by atoms with E-state index >= 15 is 0 Å². The normalized spacial score (nSPS) is 34.4. The molecule has 1 aliphatic rings. The molecule has 2 heteroatoms. The van der Waals surface area contributed by atoms with E-state index < -0.39 is 0 Å². The average Bonchev–Trinajstić information content (AvgIpc) is 2.30. The molecule has 1 rings (SSSR count). The van der Waals surface area contributed by atoms with Gasteiger partial charge in [0.2, 0.25) is 0 Å². The maximum atomic E-state index is 12.5.